The summed E-state index contributed by atoms with van der Waals surface area (Å²) in [6, 6.07) is 5.31. The van der Waals surface area contributed by atoms with Gasteiger partial charge in [-0.05, 0) is 24.6 Å². The van der Waals surface area contributed by atoms with Crippen LogP contribution in [0.4, 0.5) is 8.78 Å². The van der Waals surface area contributed by atoms with E-state index in [0.717, 1.165) is 26.1 Å². The summed E-state index contributed by atoms with van der Waals surface area (Å²) >= 11 is 0. The third-order valence-corrected chi connectivity index (χ3v) is 3.49. The fraction of sp³-hybridized carbons (Fsp3) is 0.500. The molecule has 0 saturated carbocycles. The highest BCUT2D eigenvalue weighted by Gasteiger charge is 2.26. The molecule has 0 spiro atoms. The molecular weight excluding hydrogens is 264 g/mol. The summed E-state index contributed by atoms with van der Waals surface area (Å²) in [4.78, 5) is 13.7. The van der Waals surface area contributed by atoms with E-state index in [1.54, 1.807) is 12.1 Å². The number of amides is 1. The van der Waals surface area contributed by atoms with E-state index in [1.165, 1.54) is 12.1 Å². The van der Waals surface area contributed by atoms with E-state index in [-0.39, 0.29) is 5.56 Å². The maximum atomic E-state index is 12.8. The number of benzene rings is 1. The Morgan fingerprint density at radius 3 is 2.70 bits per heavy atom. The molecule has 1 aliphatic heterocycles. The SMILES string of the molecule is NC(=O)C(c1cccc(C(F)F)c1)N1CCCNCC1. The molecule has 6 heteroatoms. The molecule has 1 fully saturated rings. The van der Waals surface area contributed by atoms with Crippen LogP contribution in [0.3, 0.4) is 0 Å². The van der Waals surface area contributed by atoms with E-state index in [9.17, 15) is 13.6 Å². The van der Waals surface area contributed by atoms with Crippen LogP contribution in [0.1, 0.15) is 30.0 Å². The molecule has 2 rings (SSSR count). The highest BCUT2D eigenvalue weighted by Crippen LogP contribution is 2.26. The number of nitrogens with two attached hydrogens (primary N) is 1. The van der Waals surface area contributed by atoms with Crippen LogP contribution < -0.4 is 11.1 Å². The monoisotopic (exact) mass is 283 g/mol. The van der Waals surface area contributed by atoms with Gasteiger partial charge in [-0.25, -0.2) is 8.78 Å². The molecule has 1 unspecified atom stereocenters. The molecule has 0 radical (unpaired) electrons. The maximum absolute atomic E-state index is 12.8. The number of carbonyl (C=O) groups excluding carboxylic acids is 1. The Kier molecular flexibility index (Phi) is 5.03. The van der Waals surface area contributed by atoms with Gasteiger partial charge in [0, 0.05) is 25.2 Å². The van der Waals surface area contributed by atoms with Crippen molar-refractivity contribution in [3.63, 3.8) is 0 Å². The molecule has 4 nitrogen and oxygen atoms in total. The summed E-state index contributed by atoms with van der Waals surface area (Å²) in [5.41, 5.74) is 5.95. The lowest BCUT2D eigenvalue weighted by atomic mass is 10.0. The Hall–Kier alpha value is -1.53. The van der Waals surface area contributed by atoms with Crippen LogP contribution in [0.2, 0.25) is 0 Å². The van der Waals surface area contributed by atoms with Crippen molar-refractivity contribution >= 4 is 5.91 Å². The van der Waals surface area contributed by atoms with E-state index < -0.39 is 18.4 Å². The first-order chi connectivity index (χ1) is 9.59. The Morgan fingerprint density at radius 2 is 2.00 bits per heavy atom. The molecule has 0 bridgehead atoms. The molecule has 1 aromatic carbocycles. The van der Waals surface area contributed by atoms with Gasteiger partial charge in [-0.3, -0.25) is 9.69 Å². The van der Waals surface area contributed by atoms with E-state index in [0.29, 0.717) is 12.1 Å². The predicted octanol–water partition coefficient (Wildman–Crippen LogP) is 1.45. The van der Waals surface area contributed by atoms with Crippen LogP contribution in [-0.4, -0.2) is 37.0 Å². The zero-order chi connectivity index (χ0) is 14.5. The normalized spacial score (nSPS) is 18.8. The zero-order valence-electron chi connectivity index (χ0n) is 11.2. The topological polar surface area (TPSA) is 58.4 Å². The van der Waals surface area contributed by atoms with Crippen molar-refractivity contribution in [3.05, 3.63) is 35.4 Å². The molecule has 0 aliphatic carbocycles. The first-order valence-electron chi connectivity index (χ1n) is 6.71. The number of rotatable bonds is 4. The van der Waals surface area contributed by atoms with Crippen molar-refractivity contribution in [3.8, 4) is 0 Å². The lowest BCUT2D eigenvalue weighted by Crippen LogP contribution is -2.39. The van der Waals surface area contributed by atoms with E-state index >= 15 is 0 Å². The summed E-state index contributed by atoms with van der Waals surface area (Å²) in [7, 11) is 0. The molecular formula is C14H19F2N3O. The number of nitrogens with one attached hydrogen (secondary N) is 1. The van der Waals surface area contributed by atoms with Gasteiger partial charge in [0.15, 0.2) is 0 Å². The Balaban J connectivity index is 2.27. The van der Waals surface area contributed by atoms with Crippen molar-refractivity contribution in [2.75, 3.05) is 26.2 Å². The van der Waals surface area contributed by atoms with Gasteiger partial charge in [-0.1, -0.05) is 18.2 Å². The van der Waals surface area contributed by atoms with Crippen molar-refractivity contribution in [1.82, 2.24) is 10.2 Å². The van der Waals surface area contributed by atoms with Gasteiger partial charge in [0.05, 0.1) is 0 Å². The summed E-state index contributed by atoms with van der Waals surface area (Å²) in [5.74, 6) is -0.502. The molecule has 1 amide bonds. The van der Waals surface area contributed by atoms with Crippen LogP contribution >= 0.6 is 0 Å². The van der Waals surface area contributed by atoms with E-state index in [2.05, 4.69) is 5.32 Å². The standard InChI is InChI=1S/C14H19F2N3O/c15-13(16)11-4-1-3-10(9-11)12(14(17)20)19-7-2-5-18-6-8-19/h1,3-4,9,12-13,18H,2,5-8H2,(H2,17,20). The minimum Gasteiger partial charge on any atom is -0.368 e. The molecule has 1 atom stereocenters. The predicted molar refractivity (Wildman–Crippen MR) is 72.4 cm³/mol. The molecule has 1 saturated heterocycles. The molecule has 3 N–H and O–H groups in total. The van der Waals surface area contributed by atoms with Crippen molar-refractivity contribution in [2.24, 2.45) is 5.73 Å². The van der Waals surface area contributed by atoms with Crippen molar-refractivity contribution in [1.29, 1.82) is 0 Å². The van der Waals surface area contributed by atoms with Gasteiger partial charge in [-0.15, -0.1) is 0 Å². The highest BCUT2D eigenvalue weighted by molar-refractivity contribution is 5.81. The average molecular weight is 283 g/mol. The second-order valence-corrected chi connectivity index (χ2v) is 4.92. The molecule has 0 aromatic heterocycles. The summed E-state index contributed by atoms with van der Waals surface area (Å²) in [6.45, 7) is 3.05. The summed E-state index contributed by atoms with van der Waals surface area (Å²) in [5, 5.41) is 3.24. The number of nitrogens with zero attached hydrogens (tertiary/aromatic N) is 1. The summed E-state index contributed by atoms with van der Waals surface area (Å²) < 4.78 is 25.6. The smallest absolute Gasteiger partial charge is 0.263 e. The second kappa shape index (κ2) is 6.76. The van der Waals surface area contributed by atoms with Gasteiger partial charge in [0.1, 0.15) is 6.04 Å². The van der Waals surface area contributed by atoms with Gasteiger partial charge in [0.25, 0.3) is 6.43 Å². The van der Waals surface area contributed by atoms with Crippen LogP contribution in [0.15, 0.2) is 24.3 Å². The number of carbonyl (C=O) groups is 1. The van der Waals surface area contributed by atoms with E-state index in [1.807, 2.05) is 4.90 Å². The fourth-order valence-corrected chi connectivity index (χ4v) is 2.54. The quantitative estimate of drug-likeness (QED) is 0.879. The van der Waals surface area contributed by atoms with Crippen molar-refractivity contribution < 1.29 is 13.6 Å². The number of hydrogen-bond acceptors (Lipinski definition) is 3. The molecule has 110 valence electrons. The van der Waals surface area contributed by atoms with Crippen LogP contribution in [-0.2, 0) is 4.79 Å². The van der Waals surface area contributed by atoms with Gasteiger partial charge in [0.2, 0.25) is 5.91 Å². The lowest BCUT2D eigenvalue weighted by molar-refractivity contribution is -0.123. The Bertz CT molecular complexity index is 459. The Morgan fingerprint density at radius 1 is 1.25 bits per heavy atom. The minimum absolute atomic E-state index is 0.0818. The maximum Gasteiger partial charge on any atom is 0.263 e. The van der Waals surface area contributed by atoms with Gasteiger partial charge < -0.3 is 11.1 Å². The average Bonchev–Trinajstić information content (AvgIpc) is 2.68. The van der Waals surface area contributed by atoms with Crippen LogP contribution in [0.25, 0.3) is 0 Å². The van der Waals surface area contributed by atoms with Crippen molar-refractivity contribution in [2.45, 2.75) is 18.9 Å². The van der Waals surface area contributed by atoms with Gasteiger partial charge in [-0.2, -0.15) is 0 Å². The van der Waals surface area contributed by atoms with Gasteiger partial charge >= 0.3 is 0 Å². The van der Waals surface area contributed by atoms with Crippen LogP contribution in [0.5, 0.6) is 0 Å². The molecule has 1 aromatic rings. The summed E-state index contributed by atoms with van der Waals surface area (Å²) in [6.07, 6.45) is -1.65. The first-order valence-corrected chi connectivity index (χ1v) is 6.71. The fourth-order valence-electron chi connectivity index (χ4n) is 2.54. The molecule has 1 heterocycles. The highest BCUT2D eigenvalue weighted by atomic mass is 19.3. The number of alkyl halides is 2. The largest absolute Gasteiger partial charge is 0.368 e. The minimum atomic E-state index is -2.55. The second-order valence-electron chi connectivity index (χ2n) is 4.92. The third-order valence-electron chi connectivity index (χ3n) is 3.49. The number of hydrogen-bond donors (Lipinski definition) is 2. The lowest BCUT2D eigenvalue weighted by Gasteiger charge is -2.28. The number of primary amides is 1. The van der Waals surface area contributed by atoms with E-state index in [4.69, 9.17) is 5.73 Å². The first kappa shape index (κ1) is 14.9. The third kappa shape index (κ3) is 3.52. The van der Waals surface area contributed by atoms with Crippen LogP contribution in [0, 0.1) is 0 Å². The number of halogens is 2. The zero-order valence-corrected chi connectivity index (χ0v) is 11.2. The Labute approximate surface area is 116 Å². The molecule has 1 aliphatic rings. The molecule has 20 heavy (non-hydrogen) atoms.